The summed E-state index contributed by atoms with van der Waals surface area (Å²) in [5.74, 6) is -1.02. The van der Waals surface area contributed by atoms with Crippen LogP contribution >= 0.6 is 35.6 Å². The number of nitrogens with zero attached hydrogens (tertiary/aromatic N) is 1. The molecule has 0 bridgehead atoms. The van der Waals surface area contributed by atoms with Gasteiger partial charge in [-0.05, 0) is 23.8 Å². The minimum Gasteiger partial charge on any atom is -0.292 e. The molecule has 9 heteroatoms. The minimum atomic E-state index is -0.402. The van der Waals surface area contributed by atoms with Gasteiger partial charge in [-0.25, -0.2) is 0 Å². The van der Waals surface area contributed by atoms with Crippen LogP contribution in [0, 0.1) is 0 Å². The molecule has 2 N–H and O–H groups in total. The predicted octanol–water partition coefficient (Wildman–Crippen LogP) is 2.10. The second-order valence-corrected chi connectivity index (χ2v) is 6.98. The number of rotatable bonds is 4. The fourth-order valence-corrected chi connectivity index (χ4v) is 3.27. The first-order valence-corrected chi connectivity index (χ1v) is 8.53. The van der Waals surface area contributed by atoms with E-state index in [0.29, 0.717) is 14.2 Å². The number of carbonyl (C=O) groups excluding carboxylic acids is 3. The Morgan fingerprint density at radius 3 is 2.58 bits per heavy atom. The molecule has 2 rings (SSSR count). The number of halogens is 1. The van der Waals surface area contributed by atoms with E-state index < -0.39 is 5.91 Å². The van der Waals surface area contributed by atoms with Crippen molar-refractivity contribution in [3.8, 4) is 0 Å². The molecule has 1 saturated heterocycles. The molecule has 0 aliphatic carbocycles. The lowest BCUT2D eigenvalue weighted by atomic mass is 10.2. The molecule has 0 atom stereocenters. The molecule has 1 aliphatic rings. The summed E-state index contributed by atoms with van der Waals surface area (Å²) in [6.07, 6.45) is 1.76. The fraction of sp³-hybridized carbons (Fsp3) is 0.200. The summed E-state index contributed by atoms with van der Waals surface area (Å²) in [5.41, 5.74) is 5.26. The van der Waals surface area contributed by atoms with Crippen LogP contribution in [0.1, 0.15) is 18.9 Å². The monoisotopic (exact) mass is 383 g/mol. The lowest BCUT2D eigenvalue weighted by Gasteiger charge is -2.14. The van der Waals surface area contributed by atoms with Crippen molar-refractivity contribution in [2.24, 2.45) is 0 Å². The zero-order chi connectivity index (χ0) is 17.7. The van der Waals surface area contributed by atoms with Gasteiger partial charge in [0.1, 0.15) is 4.32 Å². The molecule has 126 valence electrons. The van der Waals surface area contributed by atoms with Crippen LogP contribution < -0.4 is 10.9 Å². The molecule has 3 amide bonds. The molecule has 6 nitrogen and oxygen atoms in total. The Morgan fingerprint density at radius 2 is 1.96 bits per heavy atom. The largest absolute Gasteiger partial charge is 0.292 e. The van der Waals surface area contributed by atoms with Crippen molar-refractivity contribution in [2.75, 3.05) is 6.54 Å². The summed E-state index contributed by atoms with van der Waals surface area (Å²) in [5, 5.41) is 0.616. The van der Waals surface area contributed by atoms with Gasteiger partial charge < -0.3 is 0 Å². The van der Waals surface area contributed by atoms with E-state index in [1.165, 1.54) is 23.6 Å². The van der Waals surface area contributed by atoms with Crippen LogP contribution in [0.3, 0.4) is 0 Å². The van der Waals surface area contributed by atoms with Crippen LogP contribution in [0.2, 0.25) is 5.02 Å². The van der Waals surface area contributed by atoms with E-state index in [1.807, 2.05) is 0 Å². The third-order valence-corrected chi connectivity index (χ3v) is 4.61. The summed E-state index contributed by atoms with van der Waals surface area (Å²) >= 11 is 12.2. The van der Waals surface area contributed by atoms with E-state index in [0.717, 1.165) is 5.56 Å². The molecule has 1 aromatic rings. The lowest BCUT2D eigenvalue weighted by Crippen LogP contribution is -2.42. The summed E-state index contributed by atoms with van der Waals surface area (Å²) in [6.45, 7) is 1.43. The van der Waals surface area contributed by atoms with Gasteiger partial charge in [-0.1, -0.05) is 47.7 Å². The third-order valence-electron chi connectivity index (χ3n) is 2.98. The van der Waals surface area contributed by atoms with Crippen molar-refractivity contribution in [1.82, 2.24) is 15.8 Å². The standard InChI is InChI=1S/C15H14ClN3O3S2/c1-9(20)17-18-13(21)6-7-19-14(22)12(24-15(19)23)8-10-2-4-11(16)5-3-10/h2-5,8H,6-7H2,1H3,(H,17,20)(H,18,21)/b12-8-. The van der Waals surface area contributed by atoms with Gasteiger partial charge in [0.25, 0.3) is 5.91 Å². The zero-order valence-corrected chi connectivity index (χ0v) is 15.1. The topological polar surface area (TPSA) is 78.5 Å². The van der Waals surface area contributed by atoms with Gasteiger partial charge in [0, 0.05) is 24.9 Å². The average Bonchev–Trinajstić information content (AvgIpc) is 2.79. The maximum absolute atomic E-state index is 12.4. The van der Waals surface area contributed by atoms with E-state index in [4.69, 9.17) is 23.8 Å². The highest BCUT2D eigenvalue weighted by Crippen LogP contribution is 2.32. The third kappa shape index (κ3) is 5.05. The quantitative estimate of drug-likeness (QED) is 0.473. The molecule has 0 spiro atoms. The molecular weight excluding hydrogens is 370 g/mol. The zero-order valence-electron chi connectivity index (χ0n) is 12.7. The van der Waals surface area contributed by atoms with Crippen LogP contribution in [-0.2, 0) is 14.4 Å². The van der Waals surface area contributed by atoms with Crippen LogP contribution in [-0.4, -0.2) is 33.5 Å². The van der Waals surface area contributed by atoms with Gasteiger partial charge in [0.2, 0.25) is 11.8 Å². The predicted molar refractivity (Wildman–Crippen MR) is 97.9 cm³/mol. The highest BCUT2D eigenvalue weighted by molar-refractivity contribution is 8.26. The summed E-state index contributed by atoms with van der Waals surface area (Å²) in [7, 11) is 0. The molecule has 0 saturated carbocycles. The van der Waals surface area contributed by atoms with Gasteiger partial charge in [-0.15, -0.1) is 0 Å². The Bertz CT molecular complexity index is 719. The van der Waals surface area contributed by atoms with E-state index in [9.17, 15) is 14.4 Å². The van der Waals surface area contributed by atoms with Crippen molar-refractivity contribution < 1.29 is 14.4 Å². The van der Waals surface area contributed by atoms with Gasteiger partial charge in [0.15, 0.2) is 0 Å². The molecule has 1 aliphatic heterocycles. The Kier molecular flexibility index (Phi) is 6.36. The molecule has 1 heterocycles. The number of amides is 3. The summed E-state index contributed by atoms with van der Waals surface area (Å²) < 4.78 is 0.396. The molecule has 0 aromatic heterocycles. The average molecular weight is 384 g/mol. The number of hydrazine groups is 1. The Balaban J connectivity index is 1.97. The number of hydrogen-bond acceptors (Lipinski definition) is 5. The first kappa shape index (κ1) is 18.4. The smallest absolute Gasteiger partial charge is 0.266 e. The lowest BCUT2D eigenvalue weighted by molar-refractivity contribution is -0.128. The second-order valence-electron chi connectivity index (χ2n) is 4.86. The van der Waals surface area contributed by atoms with Gasteiger partial charge in [-0.2, -0.15) is 0 Å². The van der Waals surface area contributed by atoms with Crippen molar-refractivity contribution >= 4 is 63.7 Å². The van der Waals surface area contributed by atoms with Crippen LogP contribution in [0.25, 0.3) is 6.08 Å². The van der Waals surface area contributed by atoms with Crippen molar-refractivity contribution in [2.45, 2.75) is 13.3 Å². The SMILES string of the molecule is CC(=O)NNC(=O)CCN1C(=O)/C(=C/c2ccc(Cl)cc2)SC1=S. The maximum atomic E-state index is 12.4. The number of thioether (sulfide) groups is 1. The van der Waals surface area contributed by atoms with Gasteiger partial charge >= 0.3 is 0 Å². The van der Waals surface area contributed by atoms with Crippen molar-refractivity contribution in [1.29, 1.82) is 0 Å². The fourth-order valence-electron chi connectivity index (χ4n) is 1.84. The molecule has 0 unspecified atom stereocenters. The summed E-state index contributed by atoms with van der Waals surface area (Å²) in [6, 6.07) is 7.08. The van der Waals surface area contributed by atoms with E-state index >= 15 is 0 Å². The maximum Gasteiger partial charge on any atom is 0.266 e. The van der Waals surface area contributed by atoms with E-state index in [1.54, 1.807) is 30.3 Å². The van der Waals surface area contributed by atoms with E-state index in [-0.39, 0.29) is 24.8 Å². The Morgan fingerprint density at radius 1 is 1.29 bits per heavy atom. The van der Waals surface area contributed by atoms with Crippen LogP contribution in [0.5, 0.6) is 0 Å². The van der Waals surface area contributed by atoms with E-state index in [2.05, 4.69) is 10.9 Å². The molecule has 1 fully saturated rings. The second kappa shape index (κ2) is 8.27. The molecule has 1 aromatic carbocycles. The van der Waals surface area contributed by atoms with Crippen molar-refractivity contribution in [3.05, 3.63) is 39.8 Å². The van der Waals surface area contributed by atoms with Gasteiger partial charge in [-0.3, -0.25) is 30.1 Å². The number of nitrogens with one attached hydrogen (secondary N) is 2. The first-order valence-electron chi connectivity index (χ1n) is 6.93. The van der Waals surface area contributed by atoms with Crippen LogP contribution in [0.15, 0.2) is 29.2 Å². The molecule has 0 radical (unpaired) electrons. The Labute approximate surface area is 153 Å². The van der Waals surface area contributed by atoms with Crippen LogP contribution in [0.4, 0.5) is 0 Å². The molecule has 24 heavy (non-hydrogen) atoms. The summed E-state index contributed by atoms with van der Waals surface area (Å²) in [4.78, 5) is 36.5. The number of benzene rings is 1. The number of carbonyl (C=O) groups is 3. The van der Waals surface area contributed by atoms with Crippen molar-refractivity contribution in [3.63, 3.8) is 0 Å². The normalized spacial score (nSPS) is 15.8. The minimum absolute atomic E-state index is 0.0287. The Hall–Kier alpha value is -1.90. The van der Waals surface area contributed by atoms with Gasteiger partial charge in [0.05, 0.1) is 4.91 Å². The molecular formula is C15H14ClN3O3S2. The first-order chi connectivity index (χ1) is 11.4. The number of thiocarbonyl (C=S) groups is 1. The number of hydrogen-bond donors (Lipinski definition) is 2. The highest BCUT2D eigenvalue weighted by Gasteiger charge is 2.32. The highest BCUT2D eigenvalue weighted by atomic mass is 35.5.